The molecule has 3 rings (SSSR count). The number of quaternary nitrogens is 1. The molecule has 66 heavy (non-hydrogen) atoms. The Kier molecular flexibility index (Phi) is 28.5. The number of hydrogen-bond acceptors (Lipinski definition) is 12. The van der Waals surface area contributed by atoms with Gasteiger partial charge in [-0.15, -0.1) is 0 Å². The zero-order valence-electron chi connectivity index (χ0n) is 41.5. The van der Waals surface area contributed by atoms with E-state index in [0.717, 1.165) is 55.4 Å². The summed E-state index contributed by atoms with van der Waals surface area (Å²) in [6.45, 7) is 4.29. The molecule has 1 saturated heterocycles. The molecular formula is C52H86NO12P. The Hall–Kier alpha value is -2.90. The number of hydrogen-bond donors (Lipinski definition) is 0. The van der Waals surface area contributed by atoms with Gasteiger partial charge in [0.2, 0.25) is 0 Å². The first-order chi connectivity index (χ1) is 31.7. The van der Waals surface area contributed by atoms with Crippen molar-refractivity contribution >= 4 is 25.5 Å². The van der Waals surface area contributed by atoms with E-state index in [0.29, 0.717) is 49.7 Å². The van der Waals surface area contributed by atoms with Gasteiger partial charge in [0, 0.05) is 25.2 Å². The summed E-state index contributed by atoms with van der Waals surface area (Å²) in [6, 6.07) is 7.73. The van der Waals surface area contributed by atoms with Crippen LogP contribution >= 0.6 is 7.82 Å². The number of carbonyl (C=O) groups excluding carboxylic acids is 3. The molecule has 2 fully saturated rings. The molecule has 0 amide bonds. The molecule has 0 aromatic heterocycles. The monoisotopic (exact) mass is 948 g/mol. The third-order valence-electron chi connectivity index (χ3n) is 12.2. The fourth-order valence-electron chi connectivity index (χ4n) is 8.02. The maximum atomic E-state index is 13.4. The Morgan fingerprint density at radius 3 is 2.08 bits per heavy atom. The van der Waals surface area contributed by atoms with Crippen molar-refractivity contribution in [1.29, 1.82) is 0 Å². The second-order valence-corrected chi connectivity index (χ2v) is 20.6. The molecule has 376 valence electrons. The predicted molar refractivity (Wildman–Crippen MR) is 257 cm³/mol. The summed E-state index contributed by atoms with van der Waals surface area (Å²) in [7, 11) is 2.65. The summed E-state index contributed by atoms with van der Waals surface area (Å²) < 4.78 is 51.8. The van der Waals surface area contributed by atoms with Gasteiger partial charge in [-0.2, -0.15) is 0 Å². The van der Waals surface area contributed by atoms with Gasteiger partial charge >= 0.3 is 11.9 Å². The second-order valence-electron chi connectivity index (χ2n) is 19.2. The van der Waals surface area contributed by atoms with E-state index < -0.39 is 32.5 Å². The largest absolute Gasteiger partial charge is 0.756 e. The fourth-order valence-corrected chi connectivity index (χ4v) is 8.75. The number of Topliss-reactive ketones (excluding diaryl/α,β-unsaturated/α-hetero) is 1. The minimum absolute atomic E-state index is 0.0350. The van der Waals surface area contributed by atoms with Crippen molar-refractivity contribution in [2.24, 2.45) is 5.92 Å². The van der Waals surface area contributed by atoms with Crippen molar-refractivity contribution in [3.63, 3.8) is 0 Å². The Bertz CT molecular complexity index is 1630. The lowest BCUT2D eigenvalue weighted by molar-refractivity contribution is -0.870. The highest BCUT2D eigenvalue weighted by atomic mass is 31.2. The van der Waals surface area contributed by atoms with Crippen LogP contribution in [0.15, 0.2) is 48.1 Å². The molecule has 1 saturated carbocycles. The molecule has 1 unspecified atom stereocenters. The van der Waals surface area contributed by atoms with Crippen molar-refractivity contribution < 1.29 is 61.1 Å². The Morgan fingerprint density at radius 2 is 1.44 bits per heavy atom. The quantitative estimate of drug-likeness (QED) is 0.0117. The number of nitrogens with zero attached hydrogens (tertiary/aromatic N) is 1. The summed E-state index contributed by atoms with van der Waals surface area (Å²) in [4.78, 5) is 51.7. The molecule has 1 aromatic rings. The van der Waals surface area contributed by atoms with Gasteiger partial charge in [0.15, 0.2) is 11.9 Å². The number of rotatable bonds is 39. The topological polar surface area (TPSA) is 159 Å². The molecular weight excluding hydrogens is 862 g/mol. The first kappa shape index (κ1) is 57.4. The lowest BCUT2D eigenvalue weighted by Gasteiger charge is -2.28. The van der Waals surface area contributed by atoms with E-state index in [4.69, 9.17) is 32.7 Å². The fraction of sp³-hybridized carbons (Fsp3) is 0.750. The number of ether oxygens (including phenoxy) is 5. The average Bonchev–Trinajstić information content (AvgIpc) is 3.96. The van der Waals surface area contributed by atoms with Gasteiger partial charge in [-0.25, -0.2) is 0 Å². The molecule has 0 N–H and O–H groups in total. The van der Waals surface area contributed by atoms with Crippen LogP contribution in [-0.4, -0.2) is 101 Å². The minimum Gasteiger partial charge on any atom is -0.756 e. The summed E-state index contributed by atoms with van der Waals surface area (Å²) >= 11 is 0. The van der Waals surface area contributed by atoms with Crippen LogP contribution in [0.1, 0.15) is 167 Å². The number of phosphoric ester groups is 1. The second kappa shape index (κ2) is 32.8. The molecule has 6 atom stereocenters. The standard InChI is InChI=1S/C52H86NO12P/c1-7-9-11-13-15-16-17-18-19-20-21-23-25-29-51(55)61-40-44(41-63-66(57,58)62-36-35-53(3,4)5)64-52(56)30-26-28-48-50(65-48)37-46-45(27-24-22-14-12-10-8-2)49(38-47(46)54)60-39-42-31-33-43(59-6)34-32-42/h22,24,31-34,37,44-45,48-50H,7-21,23,25-30,35-36,38-41H2,1-6H3/b24-22-,46-37+/t44-,45+,48+,49+,50+/m0/s1. The van der Waals surface area contributed by atoms with Gasteiger partial charge in [-0.05, 0) is 67.9 Å². The Labute approximate surface area is 397 Å². The van der Waals surface area contributed by atoms with Crippen LogP contribution in [0.3, 0.4) is 0 Å². The Morgan fingerprint density at radius 1 is 0.818 bits per heavy atom. The molecule has 0 bridgehead atoms. The van der Waals surface area contributed by atoms with Crippen LogP contribution < -0.4 is 9.63 Å². The normalized spacial score (nSPS) is 20.5. The smallest absolute Gasteiger partial charge is 0.306 e. The van der Waals surface area contributed by atoms with E-state index in [1.54, 1.807) is 7.11 Å². The van der Waals surface area contributed by atoms with Crippen LogP contribution in [0.25, 0.3) is 0 Å². The van der Waals surface area contributed by atoms with E-state index in [9.17, 15) is 23.8 Å². The number of esters is 2. The van der Waals surface area contributed by atoms with Crippen LogP contribution in [-0.2, 0) is 53.6 Å². The van der Waals surface area contributed by atoms with E-state index in [1.807, 2.05) is 51.5 Å². The third-order valence-corrected chi connectivity index (χ3v) is 13.2. The third kappa shape index (κ3) is 26.0. The number of likely N-dealkylation sites (N-methyl/N-ethyl adjacent to an activating group) is 1. The van der Waals surface area contributed by atoms with E-state index >= 15 is 0 Å². The first-order valence-corrected chi connectivity index (χ1v) is 26.7. The summed E-state index contributed by atoms with van der Waals surface area (Å²) in [5, 5.41) is 0. The Balaban J connectivity index is 1.47. The molecule has 0 spiro atoms. The molecule has 1 aromatic carbocycles. The van der Waals surface area contributed by atoms with Crippen LogP contribution in [0.5, 0.6) is 5.75 Å². The molecule has 0 radical (unpaired) electrons. The summed E-state index contributed by atoms with van der Waals surface area (Å²) in [5.74, 6) is -0.262. The van der Waals surface area contributed by atoms with E-state index in [2.05, 4.69) is 26.0 Å². The lowest BCUT2D eigenvalue weighted by Crippen LogP contribution is -2.37. The number of phosphoric acid groups is 1. The minimum atomic E-state index is -4.71. The number of carbonyl (C=O) groups is 3. The predicted octanol–water partition coefficient (Wildman–Crippen LogP) is 10.7. The first-order valence-electron chi connectivity index (χ1n) is 25.3. The zero-order valence-corrected chi connectivity index (χ0v) is 42.4. The van der Waals surface area contributed by atoms with Crippen LogP contribution in [0, 0.1) is 5.92 Å². The molecule has 1 heterocycles. The number of methoxy groups -OCH3 is 1. The number of ketones is 1. The average molecular weight is 948 g/mol. The number of epoxide rings is 1. The van der Waals surface area contributed by atoms with Crippen molar-refractivity contribution in [3.05, 3.63) is 53.6 Å². The summed E-state index contributed by atoms with van der Waals surface area (Å²) in [6.07, 6.45) is 26.8. The van der Waals surface area contributed by atoms with Crippen molar-refractivity contribution in [2.75, 3.05) is 54.6 Å². The van der Waals surface area contributed by atoms with Crippen LogP contribution in [0.2, 0.25) is 0 Å². The van der Waals surface area contributed by atoms with Gasteiger partial charge < -0.3 is 42.1 Å². The van der Waals surface area contributed by atoms with Gasteiger partial charge in [0.05, 0.1) is 53.7 Å². The van der Waals surface area contributed by atoms with Crippen molar-refractivity contribution in [2.45, 2.75) is 193 Å². The number of unbranched alkanes of at least 4 members (excludes halogenated alkanes) is 15. The molecule has 1 aliphatic carbocycles. The highest BCUT2D eigenvalue weighted by Crippen LogP contribution is 2.40. The summed E-state index contributed by atoms with van der Waals surface area (Å²) in [5.41, 5.74) is 1.74. The zero-order chi connectivity index (χ0) is 48.0. The van der Waals surface area contributed by atoms with Gasteiger partial charge in [-0.3, -0.25) is 18.9 Å². The molecule has 1 aliphatic heterocycles. The van der Waals surface area contributed by atoms with Crippen molar-refractivity contribution in [3.8, 4) is 5.75 Å². The highest BCUT2D eigenvalue weighted by molar-refractivity contribution is 7.45. The van der Waals surface area contributed by atoms with E-state index in [-0.39, 0.29) is 56.1 Å². The van der Waals surface area contributed by atoms with Gasteiger partial charge in [-0.1, -0.05) is 128 Å². The molecule has 14 heteroatoms. The maximum absolute atomic E-state index is 13.4. The van der Waals surface area contributed by atoms with E-state index in [1.165, 1.54) is 64.2 Å². The van der Waals surface area contributed by atoms with Crippen LogP contribution in [0.4, 0.5) is 0 Å². The number of benzene rings is 1. The SMILES string of the molecule is CCCCC/C=C\C[C@@H]1/C(=C\[C@H]2O[C@@H]2CCCC(=O)O[C@@H](COC(=O)CCCCCCCCCCCCCCC)COP(=O)([O-])OCC[N+](C)(C)C)C(=O)C[C@H]1OCc1ccc(OC)cc1. The van der Waals surface area contributed by atoms with Gasteiger partial charge in [0.1, 0.15) is 31.6 Å². The maximum Gasteiger partial charge on any atom is 0.306 e. The molecule has 13 nitrogen and oxygen atoms in total. The van der Waals surface area contributed by atoms with Gasteiger partial charge in [0.25, 0.3) is 7.82 Å². The molecule has 2 aliphatic rings. The lowest BCUT2D eigenvalue weighted by atomic mass is 9.94. The number of allylic oxidation sites excluding steroid dienone is 2. The highest BCUT2D eigenvalue weighted by Gasteiger charge is 2.43. The van der Waals surface area contributed by atoms with Crippen molar-refractivity contribution in [1.82, 2.24) is 0 Å².